The van der Waals surface area contributed by atoms with Crippen molar-refractivity contribution >= 4 is 36.2 Å². The second-order valence-corrected chi connectivity index (χ2v) is 20.5. The van der Waals surface area contributed by atoms with Crippen LogP contribution in [0.4, 0.5) is 9.80 Å². The first-order valence-corrected chi connectivity index (χ1v) is 20.0. The Bertz CT molecular complexity index is 1630. The third-order valence-corrected chi connectivity index (χ3v) is 10.3. The van der Waals surface area contributed by atoms with E-state index in [2.05, 4.69) is 48.5 Å². The number of fused-ring (bicyclic) bond motifs is 1. The molecule has 12 nitrogen and oxygen atoms in total. The van der Waals surface area contributed by atoms with Crippen molar-refractivity contribution in [1.82, 2.24) is 34.3 Å². The van der Waals surface area contributed by atoms with Gasteiger partial charge in [-0.05, 0) is 38.8 Å². The van der Waals surface area contributed by atoms with Gasteiger partial charge >= 0.3 is 6.09 Å². The molecule has 1 aliphatic rings. The number of thiazole rings is 1. The SMILES string of the molecule is COc1cc(-c2c(C(C)C)c(-c3ncc(N4CCN(C(=O)OC(C)(C)C)CC4)s3)nn2COCC[Si](C)(C)C)cn2ncnc12. The molecule has 0 bridgehead atoms. The van der Waals surface area contributed by atoms with Gasteiger partial charge in [-0.15, -0.1) is 0 Å². The first kappa shape index (κ1) is 32.9. The van der Waals surface area contributed by atoms with Gasteiger partial charge in [0.25, 0.3) is 0 Å². The maximum absolute atomic E-state index is 12.6. The third kappa shape index (κ3) is 7.67. The zero-order valence-corrected chi connectivity index (χ0v) is 29.8. The van der Waals surface area contributed by atoms with Crippen molar-refractivity contribution in [3.05, 3.63) is 30.4 Å². The highest BCUT2D eigenvalue weighted by Gasteiger charge is 2.29. The van der Waals surface area contributed by atoms with Crippen molar-refractivity contribution in [2.45, 2.75) is 78.6 Å². The van der Waals surface area contributed by atoms with Gasteiger partial charge in [0.2, 0.25) is 0 Å². The molecule has 0 atom stereocenters. The minimum atomic E-state index is -1.25. The van der Waals surface area contributed by atoms with Gasteiger partial charge in [-0.3, -0.25) is 0 Å². The number of nitrogens with zero attached hydrogens (tertiary/aromatic N) is 8. The number of carbonyl (C=O) groups excluding carboxylic acids is 1. The Kier molecular flexibility index (Phi) is 9.56. The molecule has 4 aromatic rings. The van der Waals surface area contributed by atoms with Crippen LogP contribution in [0.1, 0.15) is 46.1 Å². The van der Waals surface area contributed by atoms with Gasteiger partial charge < -0.3 is 24.0 Å². The molecule has 0 spiro atoms. The molecule has 0 aromatic carbocycles. The van der Waals surface area contributed by atoms with E-state index in [1.54, 1.807) is 27.9 Å². The van der Waals surface area contributed by atoms with E-state index in [-0.39, 0.29) is 12.0 Å². The number of carbonyl (C=O) groups is 1. The standard InChI is InChI=1S/C31H46N8O4SSi/c1-21(2)25-26(29-32-17-24(44-29)36-10-12-37(13-11-36)30(40)43-31(3,4)5)35-39(20-42-14-15-45(7,8)9)27(25)22-16-23(41-6)28-33-19-34-38(28)18-22/h16-19,21H,10-15,20H2,1-9H3. The topological polar surface area (TPSA) is 112 Å². The van der Waals surface area contributed by atoms with E-state index in [9.17, 15) is 4.79 Å². The summed E-state index contributed by atoms with van der Waals surface area (Å²) in [5.74, 6) is 0.781. The summed E-state index contributed by atoms with van der Waals surface area (Å²) in [7, 11) is 0.392. The Labute approximate surface area is 270 Å². The van der Waals surface area contributed by atoms with E-state index in [1.165, 1.54) is 6.33 Å². The number of anilines is 1. The highest BCUT2D eigenvalue weighted by atomic mass is 32.1. The molecule has 0 radical (unpaired) electrons. The molecule has 5 heterocycles. The third-order valence-electron chi connectivity index (χ3n) is 7.55. The van der Waals surface area contributed by atoms with Crippen LogP contribution < -0.4 is 9.64 Å². The number of methoxy groups -OCH3 is 1. The molecule has 1 aliphatic heterocycles. The summed E-state index contributed by atoms with van der Waals surface area (Å²) >= 11 is 1.62. The Morgan fingerprint density at radius 1 is 1.11 bits per heavy atom. The molecule has 0 saturated carbocycles. The smallest absolute Gasteiger partial charge is 0.410 e. The number of aromatic nitrogens is 6. The van der Waals surface area contributed by atoms with Crippen molar-refractivity contribution in [3.8, 4) is 27.7 Å². The lowest BCUT2D eigenvalue weighted by atomic mass is 9.97. The molecule has 0 N–H and O–H groups in total. The quantitative estimate of drug-likeness (QED) is 0.145. The molecular formula is C31H46N8O4SSi. The lowest BCUT2D eigenvalue weighted by molar-refractivity contribution is 0.0241. The Morgan fingerprint density at radius 3 is 2.49 bits per heavy atom. The van der Waals surface area contributed by atoms with Gasteiger partial charge in [-0.1, -0.05) is 44.8 Å². The lowest BCUT2D eigenvalue weighted by Gasteiger charge is -2.35. The van der Waals surface area contributed by atoms with Gasteiger partial charge in [0.15, 0.2) is 11.4 Å². The number of ether oxygens (including phenoxy) is 3. The van der Waals surface area contributed by atoms with Crippen LogP contribution in [-0.4, -0.2) is 93.9 Å². The maximum Gasteiger partial charge on any atom is 0.410 e. The van der Waals surface area contributed by atoms with Crippen molar-refractivity contribution in [1.29, 1.82) is 0 Å². The molecule has 4 aromatic heterocycles. The molecule has 1 fully saturated rings. The molecule has 0 unspecified atom stereocenters. The van der Waals surface area contributed by atoms with E-state index in [0.717, 1.165) is 38.6 Å². The highest BCUT2D eigenvalue weighted by Crippen LogP contribution is 2.41. The minimum absolute atomic E-state index is 0.146. The van der Waals surface area contributed by atoms with E-state index in [0.29, 0.717) is 50.9 Å². The number of hydrogen-bond acceptors (Lipinski definition) is 10. The fourth-order valence-corrected chi connectivity index (χ4v) is 6.97. The summed E-state index contributed by atoms with van der Waals surface area (Å²) in [6.07, 6.45) is 5.14. The van der Waals surface area contributed by atoms with E-state index in [1.807, 2.05) is 43.9 Å². The molecule has 1 amide bonds. The maximum atomic E-state index is 12.6. The molecule has 14 heteroatoms. The second kappa shape index (κ2) is 13.1. The summed E-state index contributed by atoms with van der Waals surface area (Å²) in [6.45, 7) is 20.7. The van der Waals surface area contributed by atoms with Gasteiger partial charge in [0, 0.05) is 58.2 Å². The molecule has 5 rings (SSSR count). The largest absolute Gasteiger partial charge is 0.493 e. The van der Waals surface area contributed by atoms with Crippen molar-refractivity contribution < 1.29 is 19.0 Å². The number of pyridine rings is 1. The normalized spacial score (nSPS) is 14.5. The van der Waals surface area contributed by atoms with Crippen LogP contribution in [0.15, 0.2) is 24.8 Å². The molecule has 0 aliphatic carbocycles. The van der Waals surface area contributed by atoms with Crippen molar-refractivity contribution in [2.75, 3.05) is 44.8 Å². The van der Waals surface area contributed by atoms with E-state index >= 15 is 0 Å². The van der Waals surface area contributed by atoms with E-state index in [4.69, 9.17) is 24.3 Å². The zero-order chi connectivity index (χ0) is 32.5. The van der Waals surface area contributed by atoms with Crippen LogP contribution in [-0.2, 0) is 16.2 Å². The Morgan fingerprint density at radius 2 is 1.84 bits per heavy atom. The first-order chi connectivity index (χ1) is 21.2. The fourth-order valence-electron chi connectivity index (χ4n) is 5.24. The second-order valence-electron chi connectivity index (χ2n) is 13.9. The van der Waals surface area contributed by atoms with Crippen LogP contribution in [0, 0.1) is 0 Å². The van der Waals surface area contributed by atoms with Crippen LogP contribution in [0.25, 0.3) is 27.6 Å². The van der Waals surface area contributed by atoms with Crippen molar-refractivity contribution in [2.24, 2.45) is 0 Å². The first-order valence-electron chi connectivity index (χ1n) is 15.5. The van der Waals surface area contributed by atoms with Gasteiger partial charge in [-0.2, -0.15) is 10.2 Å². The highest BCUT2D eigenvalue weighted by molar-refractivity contribution is 7.18. The van der Waals surface area contributed by atoms with Crippen LogP contribution >= 0.6 is 11.3 Å². The molecule has 1 saturated heterocycles. The zero-order valence-electron chi connectivity index (χ0n) is 28.0. The van der Waals surface area contributed by atoms with Crippen LogP contribution in [0.2, 0.25) is 25.7 Å². The lowest BCUT2D eigenvalue weighted by Crippen LogP contribution is -2.49. The summed E-state index contributed by atoms with van der Waals surface area (Å²) < 4.78 is 21.2. The predicted molar refractivity (Wildman–Crippen MR) is 180 cm³/mol. The molecular weight excluding hydrogens is 609 g/mol. The fraction of sp³-hybridized carbons (Fsp3) is 0.581. The molecule has 244 valence electrons. The monoisotopic (exact) mass is 654 g/mol. The Balaban J connectivity index is 1.47. The molecule has 45 heavy (non-hydrogen) atoms. The van der Waals surface area contributed by atoms with Crippen LogP contribution in [0.5, 0.6) is 5.75 Å². The van der Waals surface area contributed by atoms with Gasteiger partial charge in [0.05, 0.1) is 19.0 Å². The average Bonchev–Trinajstić information content (AvgIpc) is 3.72. The van der Waals surface area contributed by atoms with Gasteiger partial charge in [0.1, 0.15) is 34.4 Å². The number of hydrogen-bond donors (Lipinski definition) is 0. The van der Waals surface area contributed by atoms with Crippen molar-refractivity contribution in [3.63, 3.8) is 0 Å². The van der Waals surface area contributed by atoms with E-state index < -0.39 is 13.7 Å². The minimum Gasteiger partial charge on any atom is -0.493 e. The summed E-state index contributed by atoms with van der Waals surface area (Å²) in [4.78, 5) is 25.9. The summed E-state index contributed by atoms with van der Waals surface area (Å²) in [5, 5.41) is 11.4. The number of piperazine rings is 1. The number of rotatable bonds is 10. The van der Waals surface area contributed by atoms with Gasteiger partial charge in [-0.25, -0.2) is 24.0 Å². The van der Waals surface area contributed by atoms with Crippen LogP contribution in [0.3, 0.4) is 0 Å². The summed E-state index contributed by atoms with van der Waals surface area (Å²) in [6, 6.07) is 3.07. The summed E-state index contributed by atoms with van der Waals surface area (Å²) in [5.41, 5.74) is 3.93. The Hall–Kier alpha value is -3.49. The predicted octanol–water partition coefficient (Wildman–Crippen LogP) is 6.22. The number of amides is 1. The average molecular weight is 655 g/mol.